The molecule has 0 unspecified atom stereocenters. The first-order chi connectivity index (χ1) is 9.17. The van der Waals surface area contributed by atoms with E-state index >= 15 is 0 Å². The molecule has 0 aromatic heterocycles. The lowest BCUT2D eigenvalue weighted by Crippen LogP contribution is -2.55. The maximum Gasteiger partial charge on any atom is 0.328 e. The van der Waals surface area contributed by atoms with Crippen LogP contribution in [0.5, 0.6) is 0 Å². The fraction of sp³-hybridized carbons (Fsp3) is 0.333. The van der Waals surface area contributed by atoms with Crippen LogP contribution in [-0.4, -0.2) is 36.5 Å². The van der Waals surface area contributed by atoms with Gasteiger partial charge in [-0.2, -0.15) is 0 Å². The number of benzene rings is 1. The van der Waals surface area contributed by atoms with Crippen molar-refractivity contribution in [3.8, 4) is 0 Å². The van der Waals surface area contributed by atoms with Gasteiger partial charge in [-0.1, -0.05) is 18.2 Å². The van der Waals surface area contributed by atoms with Gasteiger partial charge in [0.2, 0.25) is 0 Å². The van der Waals surface area contributed by atoms with E-state index in [1.807, 2.05) is 18.2 Å². The number of hydrogen-bond donors (Lipinski definition) is 0. The summed E-state index contributed by atoms with van der Waals surface area (Å²) in [7, 11) is 1.34. The standard InChI is InChI=1S/C15H17NO3/c1-3-5-11-6-4-7-12(10-11)14(17)16-9-8-13(16)15(18)19-2/h3-4,6-7,10,13H,1,5,8-9H2,2H3/t13-/m1/s1. The summed E-state index contributed by atoms with van der Waals surface area (Å²) in [4.78, 5) is 25.3. The number of methoxy groups -OCH3 is 1. The van der Waals surface area contributed by atoms with Crippen molar-refractivity contribution in [3.05, 3.63) is 48.0 Å². The summed E-state index contributed by atoms with van der Waals surface area (Å²) in [6.45, 7) is 4.28. The monoisotopic (exact) mass is 259 g/mol. The van der Waals surface area contributed by atoms with Crippen LogP contribution in [-0.2, 0) is 16.0 Å². The van der Waals surface area contributed by atoms with Gasteiger partial charge in [-0.05, 0) is 30.5 Å². The van der Waals surface area contributed by atoms with Gasteiger partial charge in [0, 0.05) is 12.1 Å². The minimum Gasteiger partial charge on any atom is -0.467 e. The Morgan fingerprint density at radius 2 is 2.32 bits per heavy atom. The molecule has 1 aliphatic rings. The summed E-state index contributed by atoms with van der Waals surface area (Å²) in [6, 6.07) is 6.98. The topological polar surface area (TPSA) is 46.6 Å². The van der Waals surface area contributed by atoms with Gasteiger partial charge in [0.05, 0.1) is 7.11 Å². The highest BCUT2D eigenvalue weighted by Gasteiger charge is 2.38. The molecule has 1 amide bonds. The molecular formula is C15H17NO3. The number of carbonyl (C=O) groups is 2. The predicted molar refractivity (Wildman–Crippen MR) is 71.8 cm³/mol. The minimum atomic E-state index is -0.430. The average Bonchev–Trinajstić information content (AvgIpc) is 2.38. The minimum absolute atomic E-state index is 0.118. The summed E-state index contributed by atoms with van der Waals surface area (Å²) in [5.74, 6) is -0.464. The molecule has 100 valence electrons. The normalized spacial score (nSPS) is 17.5. The SMILES string of the molecule is C=CCc1cccc(C(=O)N2CC[C@@H]2C(=O)OC)c1. The second-order valence-corrected chi connectivity index (χ2v) is 4.52. The van der Waals surface area contributed by atoms with Crippen LogP contribution in [0.2, 0.25) is 0 Å². The summed E-state index contributed by atoms with van der Waals surface area (Å²) in [5, 5.41) is 0. The predicted octanol–water partition coefficient (Wildman–Crippen LogP) is 1.80. The Morgan fingerprint density at radius 3 is 2.89 bits per heavy atom. The molecule has 0 aliphatic carbocycles. The number of rotatable bonds is 4. The lowest BCUT2D eigenvalue weighted by Gasteiger charge is -2.38. The summed E-state index contributed by atoms with van der Waals surface area (Å²) >= 11 is 0. The van der Waals surface area contributed by atoms with Gasteiger partial charge in [-0.15, -0.1) is 6.58 Å². The first kappa shape index (κ1) is 13.3. The van der Waals surface area contributed by atoms with Crippen LogP contribution in [0.25, 0.3) is 0 Å². The fourth-order valence-corrected chi connectivity index (χ4v) is 2.18. The van der Waals surface area contributed by atoms with Crippen LogP contribution in [0, 0.1) is 0 Å². The number of ether oxygens (including phenoxy) is 1. The molecule has 1 aromatic rings. The molecule has 1 aromatic carbocycles. The molecule has 0 saturated carbocycles. The van der Waals surface area contributed by atoms with Crippen LogP contribution in [0.1, 0.15) is 22.3 Å². The zero-order valence-corrected chi connectivity index (χ0v) is 11.0. The zero-order chi connectivity index (χ0) is 13.8. The molecule has 0 radical (unpaired) electrons. The molecule has 1 saturated heterocycles. The molecule has 4 nitrogen and oxygen atoms in total. The van der Waals surface area contributed by atoms with Crippen LogP contribution in [0.15, 0.2) is 36.9 Å². The number of carbonyl (C=O) groups excluding carboxylic acids is 2. The van der Waals surface area contributed by atoms with Crippen molar-refractivity contribution in [2.45, 2.75) is 18.9 Å². The maximum absolute atomic E-state index is 12.3. The second-order valence-electron chi connectivity index (χ2n) is 4.52. The van der Waals surface area contributed by atoms with Gasteiger partial charge in [-0.25, -0.2) is 4.79 Å². The lowest BCUT2D eigenvalue weighted by molar-refractivity contribution is -0.149. The van der Waals surface area contributed by atoms with Crippen molar-refractivity contribution < 1.29 is 14.3 Å². The largest absolute Gasteiger partial charge is 0.467 e. The average molecular weight is 259 g/mol. The van der Waals surface area contributed by atoms with Crippen LogP contribution in [0.3, 0.4) is 0 Å². The Bertz CT molecular complexity index is 510. The number of amides is 1. The van der Waals surface area contributed by atoms with Crippen molar-refractivity contribution >= 4 is 11.9 Å². The van der Waals surface area contributed by atoms with E-state index in [-0.39, 0.29) is 11.9 Å². The van der Waals surface area contributed by atoms with E-state index in [2.05, 4.69) is 11.3 Å². The number of esters is 1. The van der Waals surface area contributed by atoms with E-state index in [1.54, 1.807) is 17.0 Å². The van der Waals surface area contributed by atoms with Crippen molar-refractivity contribution in [1.82, 2.24) is 4.90 Å². The smallest absolute Gasteiger partial charge is 0.328 e. The van der Waals surface area contributed by atoms with E-state index < -0.39 is 6.04 Å². The van der Waals surface area contributed by atoms with E-state index in [9.17, 15) is 9.59 Å². The molecule has 4 heteroatoms. The summed E-state index contributed by atoms with van der Waals surface area (Å²) < 4.78 is 4.69. The second kappa shape index (κ2) is 5.69. The van der Waals surface area contributed by atoms with Gasteiger partial charge < -0.3 is 9.64 Å². The van der Waals surface area contributed by atoms with E-state index in [0.29, 0.717) is 18.5 Å². The Labute approximate surface area is 112 Å². The van der Waals surface area contributed by atoms with E-state index in [1.165, 1.54) is 7.11 Å². The number of likely N-dealkylation sites (tertiary alicyclic amines) is 1. The van der Waals surface area contributed by atoms with Gasteiger partial charge in [-0.3, -0.25) is 4.79 Å². The molecule has 0 N–H and O–H groups in total. The summed E-state index contributed by atoms with van der Waals surface area (Å²) in [6.07, 6.45) is 3.19. The number of allylic oxidation sites excluding steroid dienone is 1. The molecule has 0 bridgehead atoms. The molecular weight excluding hydrogens is 242 g/mol. The van der Waals surface area contributed by atoms with Gasteiger partial charge in [0.15, 0.2) is 0 Å². The highest BCUT2D eigenvalue weighted by molar-refractivity contribution is 5.97. The molecule has 1 heterocycles. The van der Waals surface area contributed by atoms with Gasteiger partial charge in [0.25, 0.3) is 5.91 Å². The lowest BCUT2D eigenvalue weighted by atomic mass is 10.00. The quantitative estimate of drug-likeness (QED) is 0.612. The molecule has 2 rings (SSSR count). The highest BCUT2D eigenvalue weighted by atomic mass is 16.5. The third-order valence-electron chi connectivity index (χ3n) is 3.31. The Balaban J connectivity index is 2.13. The van der Waals surface area contributed by atoms with E-state index in [4.69, 9.17) is 0 Å². The van der Waals surface area contributed by atoms with Crippen molar-refractivity contribution in [2.75, 3.05) is 13.7 Å². The fourth-order valence-electron chi connectivity index (χ4n) is 2.18. The molecule has 0 spiro atoms. The maximum atomic E-state index is 12.3. The van der Waals surface area contributed by atoms with E-state index in [0.717, 1.165) is 12.0 Å². The van der Waals surface area contributed by atoms with Crippen molar-refractivity contribution in [2.24, 2.45) is 0 Å². The van der Waals surface area contributed by atoms with Crippen molar-refractivity contribution in [1.29, 1.82) is 0 Å². The highest BCUT2D eigenvalue weighted by Crippen LogP contribution is 2.22. The molecule has 1 atom stereocenters. The molecule has 1 aliphatic heterocycles. The first-order valence-electron chi connectivity index (χ1n) is 6.26. The summed E-state index contributed by atoms with van der Waals surface area (Å²) in [5.41, 5.74) is 1.64. The Morgan fingerprint density at radius 1 is 1.53 bits per heavy atom. The third-order valence-corrected chi connectivity index (χ3v) is 3.31. The zero-order valence-electron chi connectivity index (χ0n) is 11.0. The number of hydrogen-bond acceptors (Lipinski definition) is 3. The van der Waals surface area contributed by atoms with Crippen LogP contribution >= 0.6 is 0 Å². The Kier molecular flexibility index (Phi) is 4.00. The third kappa shape index (κ3) is 2.67. The molecule has 19 heavy (non-hydrogen) atoms. The van der Waals surface area contributed by atoms with Gasteiger partial charge in [0.1, 0.15) is 6.04 Å². The van der Waals surface area contributed by atoms with Crippen LogP contribution < -0.4 is 0 Å². The number of nitrogens with zero attached hydrogens (tertiary/aromatic N) is 1. The van der Waals surface area contributed by atoms with Crippen molar-refractivity contribution in [3.63, 3.8) is 0 Å². The first-order valence-corrected chi connectivity index (χ1v) is 6.26. The van der Waals surface area contributed by atoms with Crippen LogP contribution in [0.4, 0.5) is 0 Å². The van der Waals surface area contributed by atoms with Gasteiger partial charge >= 0.3 is 5.97 Å². The Hall–Kier alpha value is -2.10. The molecule has 1 fully saturated rings.